The van der Waals surface area contributed by atoms with Crippen molar-refractivity contribution in [2.75, 3.05) is 63.6 Å². The average Bonchev–Trinajstić information content (AvgIpc) is 2.92. The number of para-hydroxylation sites is 1. The second kappa shape index (κ2) is 9.49. The Balaban J connectivity index is 1.55. The number of carbonyl (C=O) groups excluding carboxylic acids is 1. The number of fused-ring (bicyclic) bond motifs is 2. The molecule has 1 saturated heterocycles. The van der Waals surface area contributed by atoms with Gasteiger partial charge >= 0.3 is 6.09 Å². The number of nitrogens with zero attached hydrogens (tertiary/aromatic N) is 3. The van der Waals surface area contributed by atoms with Crippen LogP contribution in [-0.4, -0.2) is 69.3 Å². The van der Waals surface area contributed by atoms with Gasteiger partial charge in [0.15, 0.2) is 0 Å². The molecule has 0 aliphatic carbocycles. The minimum absolute atomic E-state index is 0.439. The number of carbonyl (C=O) groups is 1. The van der Waals surface area contributed by atoms with E-state index in [0.717, 1.165) is 64.2 Å². The lowest BCUT2D eigenvalue weighted by Gasteiger charge is -2.33. The Hall–Kier alpha value is -2.57. The predicted octanol–water partition coefficient (Wildman–Crippen LogP) is 3.74. The van der Waals surface area contributed by atoms with Crippen LogP contribution in [0.3, 0.4) is 0 Å². The number of aryl methyl sites for hydroxylation is 2. The van der Waals surface area contributed by atoms with Crippen LogP contribution >= 0.6 is 0 Å². The first-order valence-electron chi connectivity index (χ1n) is 10.9. The molecular formula is C24H32N4O2. The normalized spacial score (nSPS) is 17.1. The summed E-state index contributed by atoms with van der Waals surface area (Å²) in [7, 11) is 3.59. The molecule has 2 aromatic rings. The molecule has 6 nitrogen and oxygen atoms in total. The summed E-state index contributed by atoms with van der Waals surface area (Å²) in [4.78, 5) is 19.1. The number of amides is 1. The average molecular weight is 409 g/mol. The summed E-state index contributed by atoms with van der Waals surface area (Å²) in [6.45, 7) is 6.67. The highest BCUT2D eigenvalue weighted by Crippen LogP contribution is 2.37. The Morgan fingerprint density at radius 3 is 2.47 bits per heavy atom. The van der Waals surface area contributed by atoms with E-state index in [-0.39, 0.29) is 0 Å². The van der Waals surface area contributed by atoms with Gasteiger partial charge in [0.1, 0.15) is 0 Å². The van der Waals surface area contributed by atoms with Gasteiger partial charge in [-0.25, -0.2) is 4.79 Å². The SMILES string of the molecule is COC(=O)Nc1ccc2c(c1)N(CCCN1CCN(C)CC1)c1ccccc1CC2. The number of hydrogen-bond donors (Lipinski definition) is 1. The van der Waals surface area contributed by atoms with Crippen LogP contribution in [0.15, 0.2) is 42.5 Å². The van der Waals surface area contributed by atoms with E-state index >= 15 is 0 Å². The Morgan fingerprint density at radius 1 is 0.967 bits per heavy atom. The quantitative estimate of drug-likeness (QED) is 0.817. The van der Waals surface area contributed by atoms with Crippen molar-refractivity contribution in [1.29, 1.82) is 0 Å². The third kappa shape index (κ3) is 4.77. The predicted molar refractivity (Wildman–Crippen MR) is 122 cm³/mol. The zero-order valence-corrected chi connectivity index (χ0v) is 18.1. The number of rotatable bonds is 5. The van der Waals surface area contributed by atoms with E-state index in [1.54, 1.807) is 0 Å². The van der Waals surface area contributed by atoms with Crippen molar-refractivity contribution in [2.24, 2.45) is 0 Å². The molecule has 0 unspecified atom stereocenters. The fourth-order valence-corrected chi connectivity index (χ4v) is 4.42. The molecular weight excluding hydrogens is 376 g/mol. The van der Waals surface area contributed by atoms with Gasteiger partial charge < -0.3 is 19.4 Å². The van der Waals surface area contributed by atoms with Crippen LogP contribution in [0.25, 0.3) is 0 Å². The molecule has 2 aliphatic heterocycles. The molecule has 2 aliphatic rings. The molecule has 1 amide bonds. The van der Waals surface area contributed by atoms with Crippen molar-refractivity contribution in [3.63, 3.8) is 0 Å². The van der Waals surface area contributed by atoms with E-state index in [0.29, 0.717) is 0 Å². The van der Waals surface area contributed by atoms with Gasteiger partial charge in [-0.3, -0.25) is 5.32 Å². The lowest BCUT2D eigenvalue weighted by Crippen LogP contribution is -2.45. The van der Waals surface area contributed by atoms with Gasteiger partial charge in [0.2, 0.25) is 0 Å². The van der Waals surface area contributed by atoms with E-state index in [4.69, 9.17) is 4.74 Å². The second-order valence-electron chi connectivity index (χ2n) is 8.24. The van der Waals surface area contributed by atoms with Crippen LogP contribution in [0, 0.1) is 0 Å². The zero-order valence-electron chi connectivity index (χ0n) is 18.1. The maximum absolute atomic E-state index is 11.7. The van der Waals surface area contributed by atoms with Crippen molar-refractivity contribution in [3.8, 4) is 0 Å². The molecule has 0 radical (unpaired) electrons. The van der Waals surface area contributed by atoms with Gasteiger partial charge in [0.05, 0.1) is 7.11 Å². The molecule has 2 aromatic carbocycles. The van der Waals surface area contributed by atoms with Crippen molar-refractivity contribution in [2.45, 2.75) is 19.3 Å². The first kappa shape index (κ1) is 20.7. The molecule has 0 saturated carbocycles. The van der Waals surface area contributed by atoms with Crippen LogP contribution in [0.4, 0.5) is 21.9 Å². The minimum atomic E-state index is -0.439. The molecule has 30 heavy (non-hydrogen) atoms. The Labute approximate surface area is 179 Å². The number of anilines is 3. The molecule has 2 heterocycles. The van der Waals surface area contributed by atoms with Gasteiger partial charge in [-0.05, 0) is 62.2 Å². The number of piperazine rings is 1. The molecule has 0 aromatic heterocycles. The Bertz CT molecular complexity index is 877. The fraction of sp³-hybridized carbons (Fsp3) is 0.458. The summed E-state index contributed by atoms with van der Waals surface area (Å²) >= 11 is 0. The topological polar surface area (TPSA) is 48.1 Å². The smallest absolute Gasteiger partial charge is 0.411 e. The molecule has 160 valence electrons. The highest BCUT2D eigenvalue weighted by molar-refractivity contribution is 5.86. The fourth-order valence-electron chi connectivity index (χ4n) is 4.42. The minimum Gasteiger partial charge on any atom is -0.453 e. The molecule has 6 heteroatoms. The van der Waals surface area contributed by atoms with Crippen LogP contribution in [0.2, 0.25) is 0 Å². The number of nitrogens with one attached hydrogen (secondary N) is 1. The first-order valence-corrected chi connectivity index (χ1v) is 10.9. The Kier molecular flexibility index (Phi) is 6.55. The molecule has 0 bridgehead atoms. The summed E-state index contributed by atoms with van der Waals surface area (Å²) in [5.41, 5.74) is 5.94. The van der Waals surface area contributed by atoms with Crippen LogP contribution in [0.1, 0.15) is 17.5 Å². The summed E-state index contributed by atoms with van der Waals surface area (Å²) in [6, 6.07) is 14.9. The summed E-state index contributed by atoms with van der Waals surface area (Å²) in [6.07, 6.45) is 2.69. The van der Waals surface area contributed by atoms with Crippen LogP contribution in [-0.2, 0) is 17.6 Å². The van der Waals surface area contributed by atoms with Gasteiger partial charge in [-0.1, -0.05) is 24.3 Å². The van der Waals surface area contributed by atoms with Crippen molar-refractivity contribution in [1.82, 2.24) is 9.80 Å². The monoisotopic (exact) mass is 408 g/mol. The number of methoxy groups -OCH3 is 1. The third-order valence-corrected chi connectivity index (χ3v) is 6.21. The standard InChI is InChI=1S/C24H32N4O2/c1-26-14-16-27(17-15-26)12-5-13-28-22-7-4-3-6-19(22)8-9-20-10-11-21(18-23(20)28)25-24(29)30-2/h3-4,6-7,10-11,18H,5,8-9,12-17H2,1-2H3,(H,25,29). The van der Waals surface area contributed by atoms with Gasteiger partial charge in [0.25, 0.3) is 0 Å². The lowest BCUT2D eigenvalue weighted by molar-refractivity contribution is 0.153. The van der Waals surface area contributed by atoms with Crippen molar-refractivity contribution >= 4 is 23.2 Å². The van der Waals surface area contributed by atoms with Crippen molar-refractivity contribution < 1.29 is 9.53 Å². The maximum Gasteiger partial charge on any atom is 0.411 e. The number of hydrogen-bond acceptors (Lipinski definition) is 5. The molecule has 1 N–H and O–H groups in total. The van der Waals surface area contributed by atoms with E-state index in [1.165, 1.54) is 29.6 Å². The number of likely N-dealkylation sites (N-methyl/N-ethyl adjacent to an activating group) is 1. The van der Waals surface area contributed by atoms with Gasteiger partial charge in [0, 0.05) is 49.8 Å². The van der Waals surface area contributed by atoms with E-state index < -0.39 is 6.09 Å². The second-order valence-corrected chi connectivity index (χ2v) is 8.24. The van der Waals surface area contributed by atoms with Gasteiger partial charge in [-0.2, -0.15) is 0 Å². The highest BCUT2D eigenvalue weighted by Gasteiger charge is 2.22. The molecule has 4 rings (SSSR count). The largest absolute Gasteiger partial charge is 0.453 e. The summed E-state index contributed by atoms with van der Waals surface area (Å²) in [5.74, 6) is 0. The summed E-state index contributed by atoms with van der Waals surface area (Å²) in [5, 5.41) is 2.82. The van der Waals surface area contributed by atoms with Gasteiger partial charge in [-0.15, -0.1) is 0 Å². The van der Waals surface area contributed by atoms with E-state index in [2.05, 4.69) is 63.5 Å². The lowest BCUT2D eigenvalue weighted by atomic mass is 10.0. The van der Waals surface area contributed by atoms with Crippen LogP contribution < -0.4 is 10.2 Å². The molecule has 0 spiro atoms. The third-order valence-electron chi connectivity index (χ3n) is 6.21. The molecule has 1 fully saturated rings. The number of benzene rings is 2. The van der Waals surface area contributed by atoms with Crippen LogP contribution in [0.5, 0.6) is 0 Å². The Morgan fingerprint density at radius 2 is 1.70 bits per heavy atom. The van der Waals surface area contributed by atoms with E-state index in [9.17, 15) is 4.79 Å². The first-order chi connectivity index (χ1) is 14.6. The van der Waals surface area contributed by atoms with E-state index in [1.807, 2.05) is 6.07 Å². The zero-order chi connectivity index (χ0) is 20.9. The van der Waals surface area contributed by atoms with Crippen molar-refractivity contribution in [3.05, 3.63) is 53.6 Å². The molecule has 0 atom stereocenters. The maximum atomic E-state index is 11.7. The summed E-state index contributed by atoms with van der Waals surface area (Å²) < 4.78 is 4.77. The number of ether oxygens (including phenoxy) is 1. The highest BCUT2D eigenvalue weighted by atomic mass is 16.5.